The Labute approximate surface area is 107 Å². The molecule has 0 aliphatic heterocycles. The Kier molecular flexibility index (Phi) is 4.72. The number of ether oxygens (including phenoxy) is 1. The highest BCUT2D eigenvalue weighted by atomic mass is 32.2. The third kappa shape index (κ3) is 3.73. The zero-order valence-corrected chi connectivity index (χ0v) is 11.5. The first-order chi connectivity index (χ1) is 8.39. The Morgan fingerprint density at radius 1 is 1.39 bits per heavy atom. The summed E-state index contributed by atoms with van der Waals surface area (Å²) in [6.07, 6.45) is 0.533. The van der Waals surface area contributed by atoms with Crippen LogP contribution in [-0.2, 0) is 14.8 Å². The van der Waals surface area contributed by atoms with E-state index < -0.39 is 16.0 Å². The number of esters is 1. The fraction of sp³-hybridized carbons (Fsp3) is 0.417. The summed E-state index contributed by atoms with van der Waals surface area (Å²) in [7, 11) is -2.06. The van der Waals surface area contributed by atoms with Gasteiger partial charge in [-0.2, -0.15) is 0 Å². The highest BCUT2D eigenvalue weighted by Crippen LogP contribution is 2.17. The number of sulfonamides is 1. The Hall–Kier alpha value is -1.56. The van der Waals surface area contributed by atoms with Gasteiger partial charge in [0.2, 0.25) is 10.0 Å². The molecule has 0 aromatic heterocycles. The standard InChI is InChI=1S/C12H17NO4S/c1-4-7-18(15,16)13-10-6-5-9(2)11(8-10)12(14)17-3/h5-6,8,13H,4,7H2,1-3H3. The minimum absolute atomic E-state index is 0.0500. The largest absolute Gasteiger partial charge is 0.465 e. The van der Waals surface area contributed by atoms with E-state index in [-0.39, 0.29) is 5.75 Å². The molecule has 0 spiro atoms. The third-order valence-electron chi connectivity index (χ3n) is 2.39. The van der Waals surface area contributed by atoms with Crippen LogP contribution in [0, 0.1) is 6.92 Å². The van der Waals surface area contributed by atoms with Gasteiger partial charge in [0.15, 0.2) is 0 Å². The van der Waals surface area contributed by atoms with E-state index in [1.165, 1.54) is 13.2 Å². The van der Waals surface area contributed by atoms with Crippen molar-refractivity contribution in [1.29, 1.82) is 0 Å². The summed E-state index contributed by atoms with van der Waals surface area (Å²) in [6, 6.07) is 4.78. The van der Waals surface area contributed by atoms with E-state index in [0.29, 0.717) is 17.7 Å². The molecular weight excluding hydrogens is 254 g/mol. The number of hydrogen-bond donors (Lipinski definition) is 1. The van der Waals surface area contributed by atoms with Crippen LogP contribution in [0.3, 0.4) is 0 Å². The number of methoxy groups -OCH3 is 1. The van der Waals surface area contributed by atoms with Crippen molar-refractivity contribution in [2.75, 3.05) is 17.6 Å². The van der Waals surface area contributed by atoms with Crippen LogP contribution >= 0.6 is 0 Å². The van der Waals surface area contributed by atoms with Gasteiger partial charge in [-0.25, -0.2) is 13.2 Å². The van der Waals surface area contributed by atoms with Gasteiger partial charge in [0, 0.05) is 5.69 Å². The maximum Gasteiger partial charge on any atom is 0.338 e. The summed E-state index contributed by atoms with van der Waals surface area (Å²) >= 11 is 0. The Bertz CT molecular complexity index is 537. The molecule has 0 aliphatic rings. The predicted molar refractivity (Wildman–Crippen MR) is 70.2 cm³/mol. The van der Waals surface area contributed by atoms with E-state index in [1.807, 2.05) is 0 Å². The number of aryl methyl sites for hydroxylation is 1. The number of benzene rings is 1. The van der Waals surface area contributed by atoms with Crippen molar-refractivity contribution in [1.82, 2.24) is 0 Å². The SMILES string of the molecule is CCCS(=O)(=O)Nc1ccc(C)c(C(=O)OC)c1. The summed E-state index contributed by atoms with van der Waals surface area (Å²) in [5, 5.41) is 0. The van der Waals surface area contributed by atoms with E-state index in [4.69, 9.17) is 0 Å². The molecule has 0 heterocycles. The molecule has 6 heteroatoms. The van der Waals surface area contributed by atoms with Crippen molar-refractivity contribution in [2.24, 2.45) is 0 Å². The number of carbonyl (C=O) groups is 1. The number of anilines is 1. The molecule has 100 valence electrons. The lowest BCUT2D eigenvalue weighted by atomic mass is 10.1. The lowest BCUT2D eigenvalue weighted by molar-refractivity contribution is 0.0600. The fourth-order valence-corrected chi connectivity index (χ4v) is 2.64. The topological polar surface area (TPSA) is 72.5 Å². The maximum absolute atomic E-state index is 11.6. The molecule has 0 saturated heterocycles. The maximum atomic E-state index is 11.6. The van der Waals surface area contributed by atoms with Crippen LogP contribution in [0.15, 0.2) is 18.2 Å². The van der Waals surface area contributed by atoms with Crippen molar-refractivity contribution in [3.05, 3.63) is 29.3 Å². The van der Waals surface area contributed by atoms with Crippen LogP contribution < -0.4 is 4.72 Å². The molecule has 0 atom stereocenters. The van der Waals surface area contributed by atoms with Crippen LogP contribution in [0.5, 0.6) is 0 Å². The molecule has 1 aromatic carbocycles. The quantitative estimate of drug-likeness (QED) is 0.831. The summed E-state index contributed by atoms with van der Waals surface area (Å²) in [4.78, 5) is 11.5. The smallest absolute Gasteiger partial charge is 0.338 e. The Morgan fingerprint density at radius 3 is 2.61 bits per heavy atom. The molecule has 0 radical (unpaired) electrons. The lowest BCUT2D eigenvalue weighted by Gasteiger charge is -2.10. The molecule has 0 saturated carbocycles. The molecule has 1 aromatic rings. The summed E-state index contributed by atoms with van der Waals surface area (Å²) in [6.45, 7) is 3.55. The van der Waals surface area contributed by atoms with Crippen LogP contribution in [0.4, 0.5) is 5.69 Å². The van der Waals surface area contributed by atoms with E-state index in [2.05, 4.69) is 9.46 Å². The van der Waals surface area contributed by atoms with Crippen molar-refractivity contribution in [2.45, 2.75) is 20.3 Å². The molecule has 0 amide bonds. The van der Waals surface area contributed by atoms with Gasteiger partial charge >= 0.3 is 5.97 Å². The first kappa shape index (κ1) is 14.5. The number of hydrogen-bond acceptors (Lipinski definition) is 4. The summed E-state index contributed by atoms with van der Waals surface area (Å²) in [5.74, 6) is -0.432. The van der Waals surface area contributed by atoms with Gasteiger partial charge in [-0.15, -0.1) is 0 Å². The molecule has 18 heavy (non-hydrogen) atoms. The van der Waals surface area contributed by atoms with E-state index >= 15 is 0 Å². The Morgan fingerprint density at radius 2 is 2.06 bits per heavy atom. The van der Waals surface area contributed by atoms with E-state index in [0.717, 1.165) is 5.56 Å². The van der Waals surface area contributed by atoms with Gasteiger partial charge in [0.1, 0.15) is 0 Å². The van der Waals surface area contributed by atoms with Crippen molar-refractivity contribution in [3.63, 3.8) is 0 Å². The molecule has 0 fully saturated rings. The molecule has 1 N–H and O–H groups in total. The van der Waals surface area contributed by atoms with E-state index in [9.17, 15) is 13.2 Å². The van der Waals surface area contributed by atoms with Gasteiger partial charge in [0.05, 0.1) is 18.4 Å². The highest BCUT2D eigenvalue weighted by molar-refractivity contribution is 7.92. The van der Waals surface area contributed by atoms with Gasteiger partial charge < -0.3 is 4.74 Å². The van der Waals surface area contributed by atoms with Crippen molar-refractivity contribution in [3.8, 4) is 0 Å². The minimum atomic E-state index is -3.35. The average molecular weight is 271 g/mol. The number of carbonyl (C=O) groups excluding carboxylic acids is 1. The summed E-state index contributed by atoms with van der Waals surface area (Å²) < 4.78 is 30.3. The van der Waals surface area contributed by atoms with Gasteiger partial charge in [0.25, 0.3) is 0 Å². The summed E-state index contributed by atoms with van der Waals surface area (Å²) in [5.41, 5.74) is 1.46. The highest BCUT2D eigenvalue weighted by Gasteiger charge is 2.13. The van der Waals surface area contributed by atoms with Gasteiger partial charge in [-0.3, -0.25) is 4.72 Å². The second-order valence-electron chi connectivity index (χ2n) is 3.94. The second kappa shape index (κ2) is 5.86. The molecule has 0 bridgehead atoms. The van der Waals surface area contributed by atoms with Gasteiger partial charge in [-0.1, -0.05) is 13.0 Å². The molecular formula is C12H17NO4S. The molecule has 0 aliphatic carbocycles. The van der Waals surface area contributed by atoms with Crippen LogP contribution in [0.25, 0.3) is 0 Å². The zero-order chi connectivity index (χ0) is 13.8. The molecule has 1 rings (SSSR count). The van der Waals surface area contributed by atoms with Crippen LogP contribution in [0.2, 0.25) is 0 Å². The third-order valence-corrected chi connectivity index (χ3v) is 3.88. The first-order valence-electron chi connectivity index (χ1n) is 5.59. The lowest BCUT2D eigenvalue weighted by Crippen LogP contribution is -2.16. The minimum Gasteiger partial charge on any atom is -0.465 e. The van der Waals surface area contributed by atoms with Crippen LogP contribution in [-0.4, -0.2) is 27.2 Å². The fourth-order valence-electron chi connectivity index (χ4n) is 1.51. The van der Waals surface area contributed by atoms with Crippen LogP contribution in [0.1, 0.15) is 29.3 Å². The normalized spacial score (nSPS) is 11.1. The molecule has 0 unspecified atom stereocenters. The Balaban J connectivity index is 3.03. The zero-order valence-electron chi connectivity index (χ0n) is 10.7. The predicted octanol–water partition coefficient (Wildman–Crippen LogP) is 1.93. The number of rotatable bonds is 5. The monoisotopic (exact) mass is 271 g/mol. The second-order valence-corrected chi connectivity index (χ2v) is 5.78. The van der Waals surface area contributed by atoms with Gasteiger partial charge in [-0.05, 0) is 31.0 Å². The molecule has 5 nitrogen and oxygen atoms in total. The number of nitrogens with one attached hydrogen (secondary N) is 1. The van der Waals surface area contributed by atoms with Crippen molar-refractivity contribution < 1.29 is 17.9 Å². The van der Waals surface area contributed by atoms with E-state index in [1.54, 1.807) is 26.0 Å². The first-order valence-corrected chi connectivity index (χ1v) is 7.24. The van der Waals surface area contributed by atoms with Crippen molar-refractivity contribution >= 4 is 21.7 Å². The average Bonchev–Trinajstić information content (AvgIpc) is 2.30.